The van der Waals surface area contributed by atoms with Gasteiger partial charge in [-0.25, -0.2) is 0 Å². The highest BCUT2D eigenvalue weighted by molar-refractivity contribution is 8.76. The van der Waals surface area contributed by atoms with E-state index in [1.807, 2.05) is 18.2 Å². The third-order valence-electron chi connectivity index (χ3n) is 1.20. The van der Waals surface area contributed by atoms with Crippen LogP contribution >= 0.6 is 21.8 Å². The van der Waals surface area contributed by atoms with Crippen LogP contribution in [0, 0.1) is 0 Å². The molecule has 0 bridgehead atoms. The fraction of sp³-hybridized carbons (Fsp3) is 0. The molecule has 11 heavy (non-hydrogen) atoms. The fourth-order valence-corrected chi connectivity index (χ4v) is 3.00. The second-order valence-electron chi connectivity index (χ2n) is 1.87. The largest absolute Gasteiger partial charge is 0.174 e. The molecule has 0 radical (unpaired) electrons. The third-order valence-corrected chi connectivity index (χ3v) is 3.89. The van der Waals surface area contributed by atoms with Crippen LogP contribution in [-0.4, -0.2) is 0 Å². The van der Waals surface area contributed by atoms with E-state index < -0.39 is 0 Å². The van der Waals surface area contributed by atoms with Gasteiger partial charge in [-0.15, -0.1) is 3.77 Å². The van der Waals surface area contributed by atoms with Gasteiger partial charge < -0.3 is 0 Å². The minimum atomic E-state index is 1.02. The number of hydrogen-bond donors (Lipinski definition) is 0. The van der Waals surface area contributed by atoms with E-state index in [4.69, 9.17) is 0 Å². The Morgan fingerprint density at radius 1 is 1.18 bits per heavy atom. The maximum Gasteiger partial charge on any atom is 0.0920 e. The van der Waals surface area contributed by atoms with Gasteiger partial charge in [0.05, 0.1) is 28.0 Å². The summed E-state index contributed by atoms with van der Waals surface area (Å²) in [6.07, 6.45) is 0. The molecule has 0 amide bonds. The lowest BCUT2D eigenvalue weighted by atomic mass is 10.3. The summed E-state index contributed by atoms with van der Waals surface area (Å²) >= 11 is 1.25. The molecule has 1 aliphatic rings. The van der Waals surface area contributed by atoms with Gasteiger partial charge in [-0.3, -0.25) is 0 Å². The molecule has 0 spiro atoms. The van der Waals surface area contributed by atoms with E-state index in [0.717, 1.165) is 5.69 Å². The lowest BCUT2D eigenvalue weighted by Crippen LogP contribution is -1.66. The van der Waals surface area contributed by atoms with Crippen LogP contribution in [0.3, 0.4) is 0 Å². The van der Waals surface area contributed by atoms with Gasteiger partial charge >= 0.3 is 0 Å². The van der Waals surface area contributed by atoms with E-state index in [1.54, 1.807) is 10.8 Å². The number of hydrogen-bond acceptors (Lipinski definition) is 4. The molecule has 2 nitrogen and oxygen atoms in total. The van der Waals surface area contributed by atoms with Crippen LogP contribution in [0.15, 0.2) is 37.3 Å². The number of benzene rings is 1. The van der Waals surface area contributed by atoms with Crippen molar-refractivity contribution in [2.75, 3.05) is 0 Å². The first-order chi connectivity index (χ1) is 5.47. The Bertz CT molecular complexity index is 330. The minimum absolute atomic E-state index is 1.02. The van der Waals surface area contributed by atoms with Gasteiger partial charge in [0.15, 0.2) is 0 Å². The Morgan fingerprint density at radius 2 is 2.09 bits per heavy atom. The van der Waals surface area contributed by atoms with E-state index in [9.17, 15) is 0 Å². The van der Waals surface area contributed by atoms with Crippen LogP contribution in [-0.2, 0) is 11.4 Å². The van der Waals surface area contributed by atoms with Gasteiger partial charge in [-0.05, 0) is 22.9 Å². The molecule has 0 fully saturated rings. The van der Waals surface area contributed by atoms with E-state index in [-0.39, 0.29) is 0 Å². The molecule has 2 rings (SSSR count). The first-order valence-electron chi connectivity index (χ1n) is 2.97. The van der Waals surface area contributed by atoms with Crippen LogP contribution in [0.2, 0.25) is 0 Å². The van der Waals surface area contributed by atoms with Gasteiger partial charge in [0, 0.05) is 4.90 Å². The smallest absolute Gasteiger partial charge is 0.0920 e. The molecular weight excluding hydrogens is 196 g/mol. The Kier molecular flexibility index (Phi) is 2.30. The molecule has 56 valence electrons. The maximum absolute atomic E-state index is 4.20. The first-order valence-corrected chi connectivity index (χ1v) is 5.81. The molecule has 0 saturated heterocycles. The van der Waals surface area contributed by atoms with Crippen molar-refractivity contribution in [3.8, 4) is 0 Å². The van der Waals surface area contributed by atoms with Gasteiger partial charge in [-0.1, -0.05) is 12.1 Å². The zero-order valence-corrected chi connectivity index (χ0v) is 7.88. The summed E-state index contributed by atoms with van der Waals surface area (Å²) in [7, 11) is 3.11. The third kappa shape index (κ3) is 1.66. The van der Waals surface area contributed by atoms with E-state index in [2.05, 4.69) is 14.2 Å². The van der Waals surface area contributed by atoms with Crippen molar-refractivity contribution in [2.45, 2.75) is 4.90 Å². The summed E-state index contributed by atoms with van der Waals surface area (Å²) in [4.78, 5) is 1.19. The molecule has 5 heteroatoms. The van der Waals surface area contributed by atoms with Crippen LogP contribution in [0.4, 0.5) is 5.69 Å². The van der Waals surface area contributed by atoms with Gasteiger partial charge in [0.1, 0.15) is 0 Å². The minimum Gasteiger partial charge on any atom is -0.174 e. The monoisotopic (exact) mass is 200 g/mol. The topological polar surface area (TPSA) is 24.7 Å². The van der Waals surface area contributed by atoms with Crippen molar-refractivity contribution in [3.05, 3.63) is 24.3 Å². The first kappa shape index (κ1) is 7.39. The van der Waals surface area contributed by atoms with Crippen molar-refractivity contribution >= 4 is 38.8 Å². The van der Waals surface area contributed by atoms with E-state index in [0.29, 0.717) is 0 Å². The number of rotatable bonds is 0. The Morgan fingerprint density at radius 3 is 3.09 bits per heavy atom. The summed E-state index contributed by atoms with van der Waals surface area (Å²) in [5, 5.41) is 0. The Labute approximate surface area is 76.2 Å². The molecule has 1 aromatic carbocycles. The Hall–Kier alpha value is -0.260. The summed E-state index contributed by atoms with van der Waals surface area (Å²) in [5.41, 5.74) is 1.02. The molecule has 1 aromatic rings. The molecule has 0 saturated carbocycles. The summed E-state index contributed by atoms with van der Waals surface area (Å²) in [5.74, 6) is 0. The molecule has 0 atom stereocenters. The zero-order valence-electron chi connectivity index (χ0n) is 5.43. The average molecular weight is 200 g/mol. The summed E-state index contributed by atoms with van der Waals surface area (Å²) < 4.78 is 8.21. The predicted molar refractivity (Wildman–Crippen MR) is 51.8 cm³/mol. The standard InChI is InChI=1S/C6H4N2S3/c1-2-4-6-5(3-1)7-10-8-11-9-6/h1-4H. The van der Waals surface area contributed by atoms with E-state index >= 15 is 0 Å². The Balaban J connectivity index is 2.55. The molecule has 1 heterocycles. The van der Waals surface area contributed by atoms with Gasteiger partial charge in [-0.2, -0.15) is 4.36 Å². The van der Waals surface area contributed by atoms with E-state index in [1.165, 1.54) is 27.2 Å². The summed E-state index contributed by atoms with van der Waals surface area (Å²) in [6.45, 7) is 0. The number of nitrogens with zero attached hydrogens (tertiary/aromatic N) is 2. The van der Waals surface area contributed by atoms with Crippen LogP contribution in [0.5, 0.6) is 0 Å². The second-order valence-corrected chi connectivity index (χ2v) is 4.52. The van der Waals surface area contributed by atoms with Gasteiger partial charge in [0.25, 0.3) is 0 Å². The zero-order chi connectivity index (χ0) is 7.52. The molecule has 1 aliphatic heterocycles. The van der Waals surface area contributed by atoms with Crippen molar-refractivity contribution in [1.82, 2.24) is 0 Å². The second kappa shape index (κ2) is 3.42. The normalized spacial score (nSPS) is 14.9. The van der Waals surface area contributed by atoms with Crippen molar-refractivity contribution in [1.29, 1.82) is 0 Å². The quantitative estimate of drug-likeness (QED) is 0.473. The lowest BCUT2D eigenvalue weighted by Gasteiger charge is -1.96. The highest BCUT2D eigenvalue weighted by Crippen LogP contribution is 2.39. The highest BCUT2D eigenvalue weighted by atomic mass is 33.1. The summed E-state index contributed by atoms with van der Waals surface area (Å²) in [6, 6.07) is 8.05. The number of fused-ring (bicyclic) bond motifs is 1. The molecule has 0 unspecified atom stereocenters. The van der Waals surface area contributed by atoms with Crippen molar-refractivity contribution < 1.29 is 0 Å². The predicted octanol–water partition coefficient (Wildman–Crippen LogP) is 3.44. The van der Waals surface area contributed by atoms with Crippen molar-refractivity contribution in [2.24, 2.45) is 8.13 Å². The van der Waals surface area contributed by atoms with Crippen LogP contribution in [0.1, 0.15) is 0 Å². The maximum atomic E-state index is 4.20. The SMILES string of the molecule is c1ccc2c(c1)N=S=NSS2. The van der Waals surface area contributed by atoms with Crippen LogP contribution < -0.4 is 0 Å². The molecule has 0 N–H and O–H groups in total. The van der Waals surface area contributed by atoms with Crippen molar-refractivity contribution in [3.63, 3.8) is 0 Å². The fourth-order valence-electron chi connectivity index (χ4n) is 0.733. The van der Waals surface area contributed by atoms with Gasteiger partial charge in [0.2, 0.25) is 0 Å². The lowest BCUT2D eigenvalue weighted by molar-refractivity contribution is 1.41. The highest BCUT2D eigenvalue weighted by Gasteiger charge is 2.02. The molecular formula is C6H4N2S3. The molecule has 0 aromatic heterocycles. The molecule has 0 aliphatic carbocycles. The van der Waals surface area contributed by atoms with Crippen LogP contribution in [0.25, 0.3) is 0 Å². The average Bonchev–Trinajstić information content (AvgIpc) is 2.28.